The molecule has 0 radical (unpaired) electrons. The highest BCUT2D eigenvalue weighted by Gasteiger charge is 2.20. The van der Waals surface area contributed by atoms with Gasteiger partial charge in [-0.2, -0.15) is 5.10 Å². The molecule has 1 atom stereocenters. The molecule has 1 unspecified atom stereocenters. The molecule has 1 fully saturated rings. The van der Waals surface area contributed by atoms with Crippen LogP contribution in [0.1, 0.15) is 5.82 Å². The monoisotopic (exact) mass is 274 g/mol. The maximum absolute atomic E-state index is 5.58. The van der Waals surface area contributed by atoms with Crippen LogP contribution in [0.5, 0.6) is 0 Å². The normalized spacial score (nSPS) is 23.2. The van der Waals surface area contributed by atoms with Gasteiger partial charge in [0.25, 0.3) is 0 Å². The van der Waals surface area contributed by atoms with E-state index in [4.69, 9.17) is 4.74 Å². The maximum Gasteiger partial charge on any atom is 0.140 e. The fourth-order valence-corrected chi connectivity index (χ4v) is 2.07. The average molecular weight is 275 g/mol. The van der Waals surface area contributed by atoms with E-state index in [0.29, 0.717) is 6.10 Å². The van der Waals surface area contributed by atoms with Crippen molar-refractivity contribution < 1.29 is 4.74 Å². The van der Waals surface area contributed by atoms with E-state index in [1.807, 2.05) is 11.7 Å². The van der Waals surface area contributed by atoms with E-state index in [0.717, 1.165) is 37.4 Å². The number of aromatic nitrogens is 3. The van der Waals surface area contributed by atoms with Crippen LogP contribution in [0.4, 0.5) is 0 Å². The SMILES string of the molecule is Cn1ncnc1CN1CCOC(CBr)C1. The van der Waals surface area contributed by atoms with E-state index < -0.39 is 0 Å². The molecule has 1 aromatic heterocycles. The predicted molar refractivity (Wildman–Crippen MR) is 59.8 cm³/mol. The molecule has 0 aromatic carbocycles. The minimum atomic E-state index is 0.298. The molecule has 0 aliphatic carbocycles. The number of hydrogen-bond acceptors (Lipinski definition) is 4. The first-order chi connectivity index (χ1) is 7.29. The molecule has 5 nitrogen and oxygen atoms in total. The van der Waals surface area contributed by atoms with Crippen LogP contribution >= 0.6 is 15.9 Å². The van der Waals surface area contributed by atoms with Crippen molar-refractivity contribution in [3.63, 3.8) is 0 Å². The smallest absolute Gasteiger partial charge is 0.140 e. The third-order valence-corrected chi connectivity index (χ3v) is 3.29. The Bertz CT molecular complexity index is 317. The Morgan fingerprint density at radius 1 is 1.67 bits per heavy atom. The zero-order valence-corrected chi connectivity index (χ0v) is 10.4. The minimum Gasteiger partial charge on any atom is -0.375 e. The number of ether oxygens (including phenoxy) is 1. The molecule has 6 heteroatoms. The second-order valence-corrected chi connectivity index (χ2v) is 4.33. The Hall–Kier alpha value is -0.460. The third-order valence-electron chi connectivity index (χ3n) is 2.57. The number of alkyl halides is 1. The highest BCUT2D eigenvalue weighted by atomic mass is 79.9. The van der Waals surface area contributed by atoms with Gasteiger partial charge in [-0.1, -0.05) is 15.9 Å². The summed E-state index contributed by atoms with van der Waals surface area (Å²) in [7, 11) is 1.92. The Morgan fingerprint density at radius 3 is 3.20 bits per heavy atom. The van der Waals surface area contributed by atoms with Crippen molar-refractivity contribution in [1.29, 1.82) is 0 Å². The van der Waals surface area contributed by atoms with Crippen LogP contribution < -0.4 is 0 Å². The molecular weight excluding hydrogens is 260 g/mol. The molecule has 1 saturated heterocycles. The fourth-order valence-electron chi connectivity index (χ4n) is 1.68. The van der Waals surface area contributed by atoms with Gasteiger partial charge in [-0.3, -0.25) is 9.58 Å². The molecule has 1 aromatic rings. The highest BCUT2D eigenvalue weighted by molar-refractivity contribution is 9.09. The molecule has 1 aliphatic rings. The average Bonchev–Trinajstić information content (AvgIpc) is 2.65. The number of halogens is 1. The number of nitrogens with zero attached hydrogens (tertiary/aromatic N) is 4. The lowest BCUT2D eigenvalue weighted by atomic mass is 10.3. The van der Waals surface area contributed by atoms with E-state index >= 15 is 0 Å². The molecule has 0 spiro atoms. The summed E-state index contributed by atoms with van der Waals surface area (Å²) < 4.78 is 7.39. The van der Waals surface area contributed by atoms with Gasteiger partial charge in [0.2, 0.25) is 0 Å². The van der Waals surface area contributed by atoms with E-state index in [1.54, 1.807) is 6.33 Å². The summed E-state index contributed by atoms with van der Waals surface area (Å²) in [4.78, 5) is 6.57. The molecule has 84 valence electrons. The van der Waals surface area contributed by atoms with Gasteiger partial charge in [0.15, 0.2) is 0 Å². The van der Waals surface area contributed by atoms with E-state index in [2.05, 4.69) is 30.9 Å². The van der Waals surface area contributed by atoms with Crippen molar-refractivity contribution >= 4 is 15.9 Å². The fraction of sp³-hybridized carbons (Fsp3) is 0.778. The molecule has 15 heavy (non-hydrogen) atoms. The van der Waals surface area contributed by atoms with Crippen LogP contribution in [0, 0.1) is 0 Å². The van der Waals surface area contributed by atoms with Crippen molar-refractivity contribution in [3.8, 4) is 0 Å². The summed E-state index contributed by atoms with van der Waals surface area (Å²) in [5.41, 5.74) is 0. The van der Waals surface area contributed by atoms with Gasteiger partial charge < -0.3 is 4.74 Å². The van der Waals surface area contributed by atoms with Gasteiger partial charge in [0, 0.05) is 25.5 Å². The van der Waals surface area contributed by atoms with Crippen molar-refractivity contribution in [2.24, 2.45) is 7.05 Å². The van der Waals surface area contributed by atoms with Crippen LogP contribution in [0.15, 0.2) is 6.33 Å². The van der Waals surface area contributed by atoms with Gasteiger partial charge in [0.05, 0.1) is 19.3 Å². The first-order valence-corrected chi connectivity index (χ1v) is 6.14. The third kappa shape index (κ3) is 2.76. The predicted octanol–water partition coefficient (Wildman–Crippen LogP) is 0.411. The molecule has 0 saturated carbocycles. The van der Waals surface area contributed by atoms with Crippen molar-refractivity contribution in [2.75, 3.05) is 25.0 Å². The Balaban J connectivity index is 1.92. The first kappa shape index (κ1) is 11.0. The standard InChI is InChI=1S/C9H15BrN4O/c1-13-9(11-7-12-13)6-14-2-3-15-8(4-10)5-14/h7-8H,2-6H2,1H3. The topological polar surface area (TPSA) is 43.2 Å². The van der Waals surface area contributed by atoms with E-state index in [9.17, 15) is 0 Å². The highest BCUT2D eigenvalue weighted by Crippen LogP contribution is 2.10. The molecule has 0 N–H and O–H groups in total. The quantitative estimate of drug-likeness (QED) is 0.749. The van der Waals surface area contributed by atoms with Gasteiger partial charge in [-0.25, -0.2) is 4.98 Å². The lowest BCUT2D eigenvalue weighted by Gasteiger charge is -2.31. The zero-order valence-electron chi connectivity index (χ0n) is 8.77. The summed E-state index contributed by atoms with van der Waals surface area (Å²) in [6, 6.07) is 0. The van der Waals surface area contributed by atoms with E-state index in [-0.39, 0.29) is 0 Å². The summed E-state index contributed by atoms with van der Waals surface area (Å²) in [6.45, 7) is 3.58. The Morgan fingerprint density at radius 2 is 2.53 bits per heavy atom. The molecule has 2 rings (SSSR count). The summed E-state index contributed by atoms with van der Waals surface area (Å²) >= 11 is 3.45. The van der Waals surface area contributed by atoms with Crippen LogP contribution in [-0.4, -0.2) is 50.8 Å². The summed E-state index contributed by atoms with van der Waals surface area (Å²) in [5.74, 6) is 1.00. The number of morpholine rings is 1. The van der Waals surface area contributed by atoms with Gasteiger partial charge in [-0.05, 0) is 0 Å². The van der Waals surface area contributed by atoms with Crippen molar-refractivity contribution in [3.05, 3.63) is 12.2 Å². The Labute approximate surface area is 97.5 Å². The summed E-state index contributed by atoms with van der Waals surface area (Å²) in [6.07, 6.45) is 1.89. The van der Waals surface area contributed by atoms with Crippen LogP contribution in [0.3, 0.4) is 0 Å². The molecule has 2 heterocycles. The van der Waals surface area contributed by atoms with Crippen LogP contribution in [-0.2, 0) is 18.3 Å². The Kier molecular flexibility index (Phi) is 3.71. The lowest BCUT2D eigenvalue weighted by Crippen LogP contribution is -2.43. The molecular formula is C9H15BrN4O. The van der Waals surface area contributed by atoms with Gasteiger partial charge in [0.1, 0.15) is 12.2 Å². The minimum absolute atomic E-state index is 0.298. The largest absolute Gasteiger partial charge is 0.375 e. The van der Waals surface area contributed by atoms with E-state index in [1.165, 1.54) is 0 Å². The van der Waals surface area contributed by atoms with Crippen molar-refractivity contribution in [2.45, 2.75) is 12.6 Å². The lowest BCUT2D eigenvalue weighted by molar-refractivity contribution is -0.0192. The molecule has 0 amide bonds. The second-order valence-electron chi connectivity index (χ2n) is 3.68. The number of hydrogen-bond donors (Lipinski definition) is 0. The molecule has 0 bridgehead atoms. The van der Waals surface area contributed by atoms with Crippen LogP contribution in [0.2, 0.25) is 0 Å². The second kappa shape index (κ2) is 5.05. The van der Waals surface area contributed by atoms with Gasteiger partial charge >= 0.3 is 0 Å². The van der Waals surface area contributed by atoms with Crippen LogP contribution in [0.25, 0.3) is 0 Å². The zero-order chi connectivity index (χ0) is 10.7. The molecule has 1 aliphatic heterocycles. The summed E-state index contributed by atoms with van der Waals surface area (Å²) in [5, 5.41) is 4.95. The maximum atomic E-state index is 5.58. The number of aryl methyl sites for hydroxylation is 1. The number of rotatable bonds is 3. The first-order valence-electron chi connectivity index (χ1n) is 5.02. The van der Waals surface area contributed by atoms with Crippen molar-refractivity contribution in [1.82, 2.24) is 19.7 Å². The van der Waals surface area contributed by atoms with Gasteiger partial charge in [-0.15, -0.1) is 0 Å².